The second kappa shape index (κ2) is 7.47. The highest BCUT2D eigenvalue weighted by Crippen LogP contribution is 2.35. The van der Waals surface area contributed by atoms with Gasteiger partial charge in [-0.25, -0.2) is 27.1 Å². The van der Waals surface area contributed by atoms with Crippen LogP contribution in [-0.2, 0) is 0 Å². The van der Waals surface area contributed by atoms with Crippen molar-refractivity contribution < 1.29 is 22.3 Å². The van der Waals surface area contributed by atoms with Gasteiger partial charge in [0.25, 0.3) is 6.43 Å². The molecule has 11 heteroatoms. The van der Waals surface area contributed by atoms with Crippen molar-refractivity contribution in [1.82, 2.24) is 24.0 Å². The van der Waals surface area contributed by atoms with Crippen molar-refractivity contribution in [2.24, 2.45) is 5.92 Å². The SMILES string of the molecule is COc1nc(NCC(C)C)nn2cc(F)c(-c3cc(F)c4ncc(C(F)F)n4c3)c12. The van der Waals surface area contributed by atoms with E-state index in [-0.39, 0.29) is 34.1 Å². The molecule has 0 saturated heterocycles. The van der Waals surface area contributed by atoms with Gasteiger partial charge in [-0.2, -0.15) is 4.98 Å². The molecular weight excluding hydrogens is 404 g/mol. The third-order valence-electron chi connectivity index (χ3n) is 4.52. The Morgan fingerprint density at radius 1 is 1.17 bits per heavy atom. The topological polar surface area (TPSA) is 68.8 Å². The Hall–Kier alpha value is -3.37. The standard InChI is InChI=1S/C19H18F4N6O/c1-9(2)5-25-19-26-18(30-3)15-14(12(21)8-29(15)27-19)10-4-11(20)17-24-6-13(16(22)23)28(17)7-10/h4,6-9,16H,5H2,1-3H3,(H,25,27). The summed E-state index contributed by atoms with van der Waals surface area (Å²) in [6.07, 6.45) is 0.310. The first kappa shape index (κ1) is 19.9. The van der Waals surface area contributed by atoms with Crippen molar-refractivity contribution in [2.45, 2.75) is 20.3 Å². The predicted molar refractivity (Wildman–Crippen MR) is 102 cm³/mol. The summed E-state index contributed by atoms with van der Waals surface area (Å²) in [5.74, 6) is -1.00. The Balaban J connectivity index is 1.92. The Labute approximate surface area is 168 Å². The van der Waals surface area contributed by atoms with Gasteiger partial charge < -0.3 is 10.1 Å². The van der Waals surface area contributed by atoms with Crippen molar-refractivity contribution in [3.8, 4) is 17.0 Å². The summed E-state index contributed by atoms with van der Waals surface area (Å²) in [5, 5.41) is 7.25. The molecule has 4 heterocycles. The maximum atomic E-state index is 14.9. The van der Waals surface area contributed by atoms with Crippen LogP contribution >= 0.6 is 0 Å². The van der Waals surface area contributed by atoms with Crippen LogP contribution < -0.4 is 10.1 Å². The van der Waals surface area contributed by atoms with E-state index in [9.17, 15) is 17.6 Å². The average Bonchev–Trinajstić information content (AvgIpc) is 3.26. The molecule has 0 aliphatic carbocycles. The molecule has 0 unspecified atom stereocenters. The molecule has 0 aliphatic rings. The van der Waals surface area contributed by atoms with Gasteiger partial charge in [-0.05, 0) is 12.0 Å². The van der Waals surface area contributed by atoms with Gasteiger partial charge in [-0.1, -0.05) is 13.8 Å². The zero-order valence-corrected chi connectivity index (χ0v) is 16.3. The number of imidazole rings is 1. The highest BCUT2D eigenvalue weighted by Gasteiger charge is 2.23. The van der Waals surface area contributed by atoms with E-state index < -0.39 is 23.8 Å². The maximum Gasteiger partial charge on any atom is 0.280 e. The largest absolute Gasteiger partial charge is 0.479 e. The zero-order chi connectivity index (χ0) is 21.6. The van der Waals surface area contributed by atoms with Crippen LogP contribution in [0.15, 0.2) is 24.7 Å². The van der Waals surface area contributed by atoms with Crippen molar-refractivity contribution in [2.75, 3.05) is 19.0 Å². The molecule has 30 heavy (non-hydrogen) atoms. The second-order valence-corrected chi connectivity index (χ2v) is 7.12. The molecule has 4 aromatic heterocycles. The monoisotopic (exact) mass is 422 g/mol. The molecule has 0 bridgehead atoms. The zero-order valence-electron chi connectivity index (χ0n) is 16.3. The summed E-state index contributed by atoms with van der Waals surface area (Å²) in [6.45, 7) is 4.60. The third kappa shape index (κ3) is 3.29. The van der Waals surface area contributed by atoms with Crippen LogP contribution in [0, 0.1) is 17.6 Å². The summed E-state index contributed by atoms with van der Waals surface area (Å²) in [5.41, 5.74) is -0.691. The molecule has 0 fully saturated rings. The Morgan fingerprint density at radius 2 is 1.93 bits per heavy atom. The van der Waals surface area contributed by atoms with E-state index in [0.29, 0.717) is 12.5 Å². The summed E-state index contributed by atoms with van der Waals surface area (Å²) in [7, 11) is 1.36. The van der Waals surface area contributed by atoms with Crippen molar-refractivity contribution in [3.63, 3.8) is 0 Å². The fraction of sp³-hybridized carbons (Fsp3) is 0.316. The number of aromatic nitrogens is 5. The second-order valence-electron chi connectivity index (χ2n) is 7.12. The number of hydrogen-bond acceptors (Lipinski definition) is 5. The summed E-state index contributed by atoms with van der Waals surface area (Å²) < 4.78 is 63.4. The van der Waals surface area contributed by atoms with Crippen molar-refractivity contribution in [1.29, 1.82) is 0 Å². The number of methoxy groups -OCH3 is 1. The van der Waals surface area contributed by atoms with Gasteiger partial charge in [0.2, 0.25) is 11.8 Å². The van der Waals surface area contributed by atoms with Gasteiger partial charge in [-0.3, -0.25) is 4.40 Å². The molecule has 0 spiro atoms. The van der Waals surface area contributed by atoms with Crippen LogP contribution in [0.3, 0.4) is 0 Å². The lowest BCUT2D eigenvalue weighted by molar-refractivity contribution is 0.145. The number of fused-ring (bicyclic) bond motifs is 2. The fourth-order valence-electron chi connectivity index (χ4n) is 3.17. The Kier molecular flexibility index (Phi) is 4.96. The smallest absolute Gasteiger partial charge is 0.280 e. The lowest BCUT2D eigenvalue weighted by Gasteiger charge is -2.11. The molecule has 0 amide bonds. The lowest BCUT2D eigenvalue weighted by atomic mass is 10.1. The molecule has 1 N–H and O–H groups in total. The molecule has 4 rings (SSSR count). The van der Waals surface area contributed by atoms with Crippen LogP contribution in [0.25, 0.3) is 22.3 Å². The average molecular weight is 422 g/mol. The number of anilines is 1. The highest BCUT2D eigenvalue weighted by molar-refractivity contribution is 5.85. The summed E-state index contributed by atoms with van der Waals surface area (Å²) in [6, 6.07) is 1.03. The van der Waals surface area contributed by atoms with Gasteiger partial charge in [0.1, 0.15) is 11.2 Å². The van der Waals surface area contributed by atoms with E-state index in [0.717, 1.165) is 22.9 Å². The van der Waals surface area contributed by atoms with Crippen LogP contribution in [0.1, 0.15) is 26.0 Å². The van der Waals surface area contributed by atoms with E-state index in [1.165, 1.54) is 17.8 Å². The third-order valence-corrected chi connectivity index (χ3v) is 4.52. The van der Waals surface area contributed by atoms with Gasteiger partial charge >= 0.3 is 0 Å². The Morgan fingerprint density at radius 3 is 2.60 bits per heavy atom. The van der Waals surface area contributed by atoms with E-state index in [1.807, 2.05) is 13.8 Å². The van der Waals surface area contributed by atoms with Gasteiger partial charge in [-0.15, -0.1) is 5.10 Å². The van der Waals surface area contributed by atoms with Crippen LogP contribution in [0.4, 0.5) is 23.5 Å². The van der Waals surface area contributed by atoms with Gasteiger partial charge in [0.15, 0.2) is 17.3 Å². The number of hydrogen-bond donors (Lipinski definition) is 1. The van der Waals surface area contributed by atoms with E-state index in [4.69, 9.17) is 4.74 Å². The highest BCUT2D eigenvalue weighted by atomic mass is 19.3. The summed E-state index contributed by atoms with van der Waals surface area (Å²) in [4.78, 5) is 7.92. The van der Waals surface area contributed by atoms with E-state index in [2.05, 4.69) is 20.4 Å². The summed E-state index contributed by atoms with van der Waals surface area (Å²) >= 11 is 0. The molecule has 4 aromatic rings. The molecule has 0 aromatic carbocycles. The minimum atomic E-state index is -2.88. The first-order chi connectivity index (χ1) is 14.3. The minimum Gasteiger partial charge on any atom is -0.479 e. The number of rotatable bonds is 6. The van der Waals surface area contributed by atoms with E-state index in [1.54, 1.807) is 0 Å². The normalized spacial score (nSPS) is 11.9. The van der Waals surface area contributed by atoms with Crippen molar-refractivity contribution in [3.05, 3.63) is 42.0 Å². The number of nitrogens with one attached hydrogen (secondary N) is 1. The number of alkyl halides is 2. The minimum absolute atomic E-state index is 0.0182. The van der Waals surface area contributed by atoms with Crippen LogP contribution in [0.2, 0.25) is 0 Å². The Bertz CT molecular complexity index is 1230. The number of halogens is 4. The van der Waals surface area contributed by atoms with Crippen molar-refractivity contribution >= 4 is 17.1 Å². The molecule has 0 radical (unpaired) electrons. The molecule has 0 aliphatic heterocycles. The van der Waals surface area contributed by atoms with Gasteiger partial charge in [0, 0.05) is 18.3 Å². The molecule has 0 saturated carbocycles. The number of ether oxygens (including phenoxy) is 1. The first-order valence-corrected chi connectivity index (χ1v) is 9.12. The maximum absolute atomic E-state index is 14.9. The lowest BCUT2D eigenvalue weighted by Crippen LogP contribution is -2.12. The van der Waals surface area contributed by atoms with Crippen LogP contribution in [0.5, 0.6) is 5.88 Å². The molecule has 158 valence electrons. The molecule has 7 nitrogen and oxygen atoms in total. The predicted octanol–water partition coefficient (Wildman–Crippen LogP) is 4.34. The fourth-order valence-corrected chi connectivity index (χ4v) is 3.17. The van der Waals surface area contributed by atoms with E-state index >= 15 is 0 Å². The first-order valence-electron chi connectivity index (χ1n) is 9.12. The molecular formula is C19H18F4N6O. The number of pyridine rings is 1. The quantitative estimate of drug-likeness (QED) is 0.469. The number of nitrogens with zero attached hydrogens (tertiary/aromatic N) is 5. The van der Waals surface area contributed by atoms with Gasteiger partial charge in [0.05, 0.1) is 25.1 Å². The van der Waals surface area contributed by atoms with Crippen LogP contribution in [-0.4, -0.2) is 37.6 Å². The molecule has 0 atom stereocenters.